The minimum atomic E-state index is -1.26. The molecule has 1 aromatic carbocycles. The second kappa shape index (κ2) is 9.57. The number of urea groups is 1. The average molecular weight is 373 g/mol. The molecule has 136 valence electrons. The summed E-state index contributed by atoms with van der Waals surface area (Å²) in [5.41, 5.74) is 0.712. The molecule has 0 aliphatic carbocycles. The molecule has 0 saturated carbocycles. The van der Waals surface area contributed by atoms with E-state index < -0.39 is 24.0 Å². The Kier molecular flexibility index (Phi) is 7.16. The number of esters is 1. The summed E-state index contributed by atoms with van der Waals surface area (Å²) in [6.45, 7) is 2.09. The lowest BCUT2D eigenvalue weighted by Gasteiger charge is -2.18. The predicted molar refractivity (Wildman–Crippen MR) is 97.8 cm³/mol. The van der Waals surface area contributed by atoms with Crippen molar-refractivity contribution in [2.24, 2.45) is 0 Å². The fourth-order valence-corrected chi connectivity index (χ4v) is 2.70. The van der Waals surface area contributed by atoms with Crippen molar-refractivity contribution in [3.63, 3.8) is 0 Å². The van der Waals surface area contributed by atoms with Crippen molar-refractivity contribution in [2.45, 2.75) is 18.1 Å². The fraction of sp³-hybridized carbons (Fsp3) is 0.222. The van der Waals surface area contributed by atoms with Gasteiger partial charge in [-0.25, -0.2) is 14.6 Å². The van der Waals surface area contributed by atoms with Crippen molar-refractivity contribution in [3.05, 3.63) is 59.8 Å². The maximum absolute atomic E-state index is 12.6. The molecule has 1 heterocycles. The van der Waals surface area contributed by atoms with Crippen LogP contribution in [0.2, 0.25) is 0 Å². The monoisotopic (exact) mass is 373 g/mol. The van der Waals surface area contributed by atoms with E-state index >= 15 is 0 Å². The Morgan fingerprint density at radius 3 is 2.54 bits per heavy atom. The molecule has 0 unspecified atom stereocenters. The zero-order valence-corrected chi connectivity index (χ0v) is 15.2. The molecule has 8 heteroatoms. The number of carbonyl (C=O) groups excluding carboxylic acids is 3. The van der Waals surface area contributed by atoms with Crippen LogP contribution in [0.25, 0.3) is 0 Å². The normalized spacial score (nSPS) is 11.3. The summed E-state index contributed by atoms with van der Waals surface area (Å²) >= 11 is 1.30. The number of ether oxygens (including phenoxy) is 1. The van der Waals surface area contributed by atoms with E-state index in [1.807, 2.05) is 0 Å². The third-order valence-corrected chi connectivity index (χ3v) is 4.04. The molecule has 1 aromatic heterocycles. The zero-order chi connectivity index (χ0) is 18.9. The van der Waals surface area contributed by atoms with Crippen molar-refractivity contribution in [3.8, 4) is 0 Å². The first-order chi connectivity index (χ1) is 12.6. The van der Waals surface area contributed by atoms with E-state index in [0.29, 0.717) is 17.1 Å². The van der Waals surface area contributed by atoms with Gasteiger partial charge >= 0.3 is 12.0 Å². The molecule has 26 heavy (non-hydrogen) atoms. The average Bonchev–Trinajstić information content (AvgIpc) is 2.66. The summed E-state index contributed by atoms with van der Waals surface area (Å²) in [7, 11) is 0. The number of thioether (sulfide) groups is 1. The Morgan fingerprint density at radius 2 is 1.88 bits per heavy atom. The van der Waals surface area contributed by atoms with Crippen LogP contribution >= 0.6 is 11.8 Å². The second-order valence-electron chi connectivity index (χ2n) is 5.10. The Bertz CT molecular complexity index is 783. The van der Waals surface area contributed by atoms with Crippen molar-refractivity contribution in [2.75, 3.05) is 12.8 Å². The zero-order valence-electron chi connectivity index (χ0n) is 14.4. The molecule has 2 rings (SSSR count). The molecule has 7 nitrogen and oxygen atoms in total. The highest BCUT2D eigenvalue weighted by Crippen LogP contribution is 2.23. The number of carbonyl (C=O) groups is 3. The molecule has 2 N–H and O–H groups in total. The molecule has 0 bridgehead atoms. The molecule has 1 atom stereocenters. The molecule has 0 fully saturated rings. The summed E-state index contributed by atoms with van der Waals surface area (Å²) in [6.07, 6.45) is 2.09. The molecular weight excluding hydrogens is 354 g/mol. The van der Waals surface area contributed by atoms with E-state index in [9.17, 15) is 14.4 Å². The summed E-state index contributed by atoms with van der Waals surface area (Å²) in [5, 5.41) is 5.13. The number of aromatic nitrogens is 1. The maximum Gasteiger partial charge on any atom is 0.342 e. The van der Waals surface area contributed by atoms with Crippen molar-refractivity contribution in [1.29, 1.82) is 0 Å². The van der Waals surface area contributed by atoms with Crippen LogP contribution in [0.3, 0.4) is 0 Å². The quantitative estimate of drug-likeness (QED) is 0.597. The Morgan fingerprint density at radius 1 is 1.15 bits per heavy atom. The smallest absolute Gasteiger partial charge is 0.342 e. The molecule has 0 spiro atoms. The highest BCUT2D eigenvalue weighted by Gasteiger charge is 2.28. The van der Waals surface area contributed by atoms with Crippen LogP contribution in [0, 0.1) is 0 Å². The van der Waals surface area contributed by atoms with Gasteiger partial charge in [0.1, 0.15) is 5.03 Å². The fourth-order valence-electron chi connectivity index (χ4n) is 2.16. The van der Waals surface area contributed by atoms with Crippen LogP contribution in [0.5, 0.6) is 0 Å². The predicted octanol–water partition coefficient (Wildman–Crippen LogP) is 2.55. The van der Waals surface area contributed by atoms with E-state index in [1.54, 1.807) is 61.8 Å². The first-order valence-corrected chi connectivity index (χ1v) is 9.13. The van der Waals surface area contributed by atoms with Gasteiger partial charge < -0.3 is 10.1 Å². The van der Waals surface area contributed by atoms with Crippen molar-refractivity contribution < 1.29 is 19.1 Å². The summed E-state index contributed by atoms with van der Waals surface area (Å²) in [5.74, 6) is -1.42. The van der Waals surface area contributed by atoms with E-state index in [-0.39, 0.29) is 5.56 Å². The number of rotatable bonds is 6. The van der Waals surface area contributed by atoms with E-state index in [2.05, 4.69) is 15.6 Å². The lowest BCUT2D eigenvalue weighted by Crippen LogP contribution is -2.42. The van der Waals surface area contributed by atoms with Gasteiger partial charge in [-0.1, -0.05) is 30.3 Å². The summed E-state index contributed by atoms with van der Waals surface area (Å²) < 4.78 is 5.42. The number of imide groups is 1. The molecule has 0 aliphatic rings. The van der Waals surface area contributed by atoms with Crippen molar-refractivity contribution in [1.82, 2.24) is 15.6 Å². The molecule has 3 amide bonds. The van der Waals surface area contributed by atoms with Crippen LogP contribution in [0.1, 0.15) is 28.9 Å². The van der Waals surface area contributed by atoms with Crippen LogP contribution < -0.4 is 10.6 Å². The number of benzene rings is 1. The third-order valence-electron chi connectivity index (χ3n) is 3.32. The number of amides is 3. The maximum atomic E-state index is 12.6. The van der Waals surface area contributed by atoms with Crippen LogP contribution in [-0.4, -0.2) is 35.7 Å². The van der Waals surface area contributed by atoms with E-state index in [4.69, 9.17) is 4.74 Å². The molecule has 0 saturated heterocycles. The van der Waals surface area contributed by atoms with Gasteiger partial charge in [0.05, 0.1) is 5.56 Å². The van der Waals surface area contributed by atoms with E-state index in [0.717, 1.165) is 0 Å². The van der Waals surface area contributed by atoms with Gasteiger partial charge in [0.2, 0.25) is 6.10 Å². The van der Waals surface area contributed by atoms with Crippen LogP contribution in [0.15, 0.2) is 53.7 Å². The number of hydrogen-bond acceptors (Lipinski definition) is 6. The number of hydrogen-bond donors (Lipinski definition) is 2. The second-order valence-corrected chi connectivity index (χ2v) is 5.90. The number of nitrogens with one attached hydrogen (secondary N) is 2. The Balaban J connectivity index is 2.25. The number of pyridine rings is 1. The van der Waals surface area contributed by atoms with Crippen LogP contribution in [0.4, 0.5) is 4.79 Å². The Hall–Kier alpha value is -2.87. The van der Waals surface area contributed by atoms with Gasteiger partial charge in [0.15, 0.2) is 0 Å². The van der Waals surface area contributed by atoms with E-state index in [1.165, 1.54) is 11.8 Å². The van der Waals surface area contributed by atoms with Gasteiger partial charge in [-0.05, 0) is 25.3 Å². The minimum absolute atomic E-state index is 0.256. The van der Waals surface area contributed by atoms with Gasteiger partial charge in [0.25, 0.3) is 5.91 Å². The highest BCUT2D eigenvalue weighted by atomic mass is 32.2. The third kappa shape index (κ3) is 5.06. The lowest BCUT2D eigenvalue weighted by atomic mass is 10.1. The first kappa shape index (κ1) is 19.5. The van der Waals surface area contributed by atoms with Gasteiger partial charge in [0, 0.05) is 18.3 Å². The molecule has 0 aliphatic heterocycles. The standard InChI is InChI=1S/C18H19N3O4S/c1-3-19-18(24)21-15(22)14(12-8-5-4-6-9-12)25-17(23)13-10-7-11-20-16(13)26-2/h4-11,14H,3H2,1-2H3,(H2,19,21,22,24)/t14-/m1/s1. The molecular formula is C18H19N3O4S. The van der Waals surface area contributed by atoms with Crippen molar-refractivity contribution >= 4 is 29.7 Å². The summed E-state index contributed by atoms with van der Waals surface area (Å²) in [4.78, 5) is 40.8. The topological polar surface area (TPSA) is 97.4 Å². The van der Waals surface area contributed by atoms with Gasteiger partial charge in [-0.2, -0.15) is 0 Å². The van der Waals surface area contributed by atoms with Crippen LogP contribution in [-0.2, 0) is 9.53 Å². The SMILES string of the molecule is CCNC(=O)NC(=O)[C@H](OC(=O)c1cccnc1SC)c1ccccc1. The minimum Gasteiger partial charge on any atom is -0.444 e. The van der Waals surface area contributed by atoms with Gasteiger partial charge in [-0.15, -0.1) is 11.8 Å². The lowest BCUT2D eigenvalue weighted by molar-refractivity contribution is -0.129. The molecule has 2 aromatic rings. The first-order valence-electron chi connectivity index (χ1n) is 7.90. The largest absolute Gasteiger partial charge is 0.444 e. The Labute approximate surface area is 155 Å². The summed E-state index contributed by atoms with van der Waals surface area (Å²) in [6, 6.07) is 11.0. The van der Waals surface area contributed by atoms with Gasteiger partial charge in [-0.3, -0.25) is 10.1 Å². The highest BCUT2D eigenvalue weighted by molar-refractivity contribution is 7.98. The number of nitrogens with zero attached hydrogens (tertiary/aromatic N) is 1. The molecule has 0 radical (unpaired) electrons.